The zero-order valence-corrected chi connectivity index (χ0v) is 16.1. The lowest BCUT2D eigenvalue weighted by Crippen LogP contribution is -2.35. The molecule has 0 aliphatic heterocycles. The third kappa shape index (κ3) is 4.90. The zero-order chi connectivity index (χ0) is 17.8. The normalized spacial score (nSPS) is 12.3. The summed E-state index contributed by atoms with van der Waals surface area (Å²) in [5.74, 6) is 0. The number of nitrogens with zero attached hydrogens (tertiary/aromatic N) is 1. The Morgan fingerprint density at radius 3 is 2.32 bits per heavy atom. The molecule has 0 spiro atoms. The second kappa shape index (κ2) is 8.43. The highest BCUT2D eigenvalue weighted by atomic mass is 35.5. The van der Waals surface area contributed by atoms with Gasteiger partial charge in [0.2, 0.25) is 6.33 Å². The van der Waals surface area contributed by atoms with E-state index in [-0.39, 0.29) is 6.10 Å². The number of hydrogen-bond acceptors (Lipinski definition) is 1. The summed E-state index contributed by atoms with van der Waals surface area (Å²) in [6, 6.07) is 10.7. The maximum Gasteiger partial charge on any atom is 0.241 e. The number of ether oxygens (including phenoxy) is 1. The first kappa shape index (κ1) is 18.6. The summed E-state index contributed by atoms with van der Waals surface area (Å²) in [4.78, 5) is 3.02. The number of nitrogens with one attached hydrogen (secondary N) is 1. The fraction of sp³-hybridized carbons (Fsp3) is 0.167. The van der Waals surface area contributed by atoms with Crippen molar-refractivity contribution < 1.29 is 9.30 Å². The number of rotatable bonds is 6. The lowest BCUT2D eigenvalue weighted by Gasteiger charge is -2.19. The van der Waals surface area contributed by atoms with Crippen LogP contribution in [0, 0.1) is 0 Å². The molecule has 3 aromatic rings. The minimum absolute atomic E-state index is 0.266. The van der Waals surface area contributed by atoms with E-state index in [1.165, 1.54) is 0 Å². The van der Waals surface area contributed by atoms with Crippen LogP contribution in [-0.4, -0.2) is 4.98 Å². The van der Waals surface area contributed by atoms with Crippen molar-refractivity contribution in [3.63, 3.8) is 0 Å². The van der Waals surface area contributed by atoms with Crippen molar-refractivity contribution in [3.8, 4) is 0 Å². The third-order valence-electron chi connectivity index (χ3n) is 3.74. The average molecular weight is 417 g/mol. The van der Waals surface area contributed by atoms with Crippen molar-refractivity contribution in [1.82, 2.24) is 4.98 Å². The molecule has 1 atom stereocenters. The highest BCUT2D eigenvalue weighted by Crippen LogP contribution is 2.30. The minimum Gasteiger partial charge on any atom is -0.365 e. The number of halogens is 4. The Labute approximate surface area is 166 Å². The molecule has 0 radical (unpaired) electrons. The second-order valence-corrected chi connectivity index (χ2v) is 7.20. The maximum absolute atomic E-state index is 6.37. The molecule has 2 aromatic carbocycles. The van der Waals surface area contributed by atoms with Crippen molar-refractivity contribution in [1.29, 1.82) is 0 Å². The Balaban J connectivity index is 1.83. The fourth-order valence-electron chi connectivity index (χ4n) is 2.46. The highest BCUT2D eigenvalue weighted by molar-refractivity contribution is 6.35. The highest BCUT2D eigenvalue weighted by Gasteiger charge is 2.19. The molecule has 3 nitrogen and oxygen atoms in total. The molecule has 0 aliphatic rings. The van der Waals surface area contributed by atoms with Crippen molar-refractivity contribution in [3.05, 3.63) is 86.3 Å². The van der Waals surface area contributed by atoms with Crippen molar-refractivity contribution in [2.45, 2.75) is 19.3 Å². The van der Waals surface area contributed by atoms with Crippen LogP contribution in [0.15, 0.2) is 55.1 Å². The molecule has 3 rings (SSSR count). The van der Waals surface area contributed by atoms with Crippen molar-refractivity contribution in [2.24, 2.45) is 0 Å². The van der Waals surface area contributed by atoms with E-state index in [1.54, 1.807) is 24.3 Å². The smallest absolute Gasteiger partial charge is 0.241 e. The van der Waals surface area contributed by atoms with E-state index in [0.717, 1.165) is 11.1 Å². The van der Waals surface area contributed by atoms with Gasteiger partial charge in [-0.15, -0.1) is 0 Å². The van der Waals surface area contributed by atoms with Gasteiger partial charge in [-0.05, 0) is 29.8 Å². The largest absolute Gasteiger partial charge is 0.365 e. The van der Waals surface area contributed by atoms with Crippen LogP contribution in [0.25, 0.3) is 0 Å². The lowest BCUT2D eigenvalue weighted by molar-refractivity contribution is -0.704. The van der Waals surface area contributed by atoms with Gasteiger partial charge in [0.05, 0.1) is 6.61 Å². The molecule has 0 fully saturated rings. The molecular weight excluding hydrogens is 402 g/mol. The van der Waals surface area contributed by atoms with Crippen molar-refractivity contribution >= 4 is 46.4 Å². The van der Waals surface area contributed by atoms with Gasteiger partial charge in [-0.2, -0.15) is 0 Å². The Morgan fingerprint density at radius 1 is 0.960 bits per heavy atom. The predicted octanol–water partition coefficient (Wildman–Crippen LogP) is 5.87. The lowest BCUT2D eigenvalue weighted by atomic mass is 10.1. The van der Waals surface area contributed by atoms with E-state index in [9.17, 15) is 0 Å². The Kier molecular flexibility index (Phi) is 6.26. The van der Waals surface area contributed by atoms with E-state index in [2.05, 4.69) is 4.98 Å². The molecule has 0 amide bonds. The Bertz CT molecular complexity index is 852. The van der Waals surface area contributed by atoms with Gasteiger partial charge in [-0.3, -0.25) is 4.98 Å². The minimum atomic E-state index is -0.266. The number of benzene rings is 2. The predicted molar refractivity (Wildman–Crippen MR) is 101 cm³/mol. The van der Waals surface area contributed by atoms with Crippen LogP contribution in [0.2, 0.25) is 20.1 Å². The summed E-state index contributed by atoms with van der Waals surface area (Å²) < 4.78 is 8.12. The van der Waals surface area contributed by atoms with Gasteiger partial charge in [-0.25, -0.2) is 4.57 Å². The van der Waals surface area contributed by atoms with Crippen LogP contribution in [0.3, 0.4) is 0 Å². The Hall–Kier alpha value is -1.23. The van der Waals surface area contributed by atoms with E-state index in [1.807, 2.05) is 35.4 Å². The summed E-state index contributed by atoms with van der Waals surface area (Å²) in [6.45, 7) is 0.931. The van der Waals surface area contributed by atoms with E-state index in [4.69, 9.17) is 51.1 Å². The van der Waals surface area contributed by atoms with Crippen LogP contribution in [0.4, 0.5) is 0 Å². The molecule has 0 bridgehead atoms. The molecule has 130 valence electrons. The molecular formula is C18H15Cl4N2O+. The van der Waals surface area contributed by atoms with Crippen molar-refractivity contribution in [2.75, 3.05) is 0 Å². The number of aromatic amines is 1. The Morgan fingerprint density at radius 2 is 1.68 bits per heavy atom. The molecule has 1 unspecified atom stereocenters. The van der Waals surface area contributed by atoms with Crippen LogP contribution in [0.1, 0.15) is 17.2 Å². The molecule has 7 heteroatoms. The van der Waals surface area contributed by atoms with Gasteiger partial charge in [0.1, 0.15) is 25.0 Å². The van der Waals surface area contributed by atoms with Gasteiger partial charge in [0, 0.05) is 25.7 Å². The standard InChI is InChI=1S/C18H14Cl4N2O/c19-13-2-1-12(16(21)7-13)10-25-18(9-24-6-5-23-11-24)15-4-3-14(20)8-17(15)22/h1-8,11,18H,9-10H2/p+1. The van der Waals surface area contributed by atoms with Crippen LogP contribution >= 0.6 is 46.4 Å². The van der Waals surface area contributed by atoms with Gasteiger partial charge in [0.15, 0.2) is 0 Å². The molecule has 1 heterocycles. The summed E-state index contributed by atoms with van der Waals surface area (Å²) >= 11 is 24.6. The topological polar surface area (TPSA) is 28.9 Å². The van der Waals surface area contributed by atoms with Gasteiger partial charge in [-0.1, -0.05) is 58.5 Å². The zero-order valence-electron chi connectivity index (χ0n) is 13.1. The van der Waals surface area contributed by atoms with Crippen LogP contribution in [0.5, 0.6) is 0 Å². The first-order valence-electron chi connectivity index (χ1n) is 7.55. The molecule has 0 saturated carbocycles. The monoisotopic (exact) mass is 415 g/mol. The quantitative estimate of drug-likeness (QED) is 0.500. The number of hydrogen-bond donors (Lipinski definition) is 1. The second-order valence-electron chi connectivity index (χ2n) is 5.51. The SMILES string of the molecule is Clc1ccc(COC(C[n+]2cc[nH]c2)c2ccc(Cl)cc2Cl)c(Cl)c1. The molecule has 1 N–H and O–H groups in total. The number of imidazole rings is 1. The van der Waals surface area contributed by atoms with Gasteiger partial charge in [0.25, 0.3) is 0 Å². The van der Waals surface area contributed by atoms with E-state index in [0.29, 0.717) is 33.2 Å². The first-order chi connectivity index (χ1) is 12.0. The average Bonchev–Trinajstić information content (AvgIpc) is 3.06. The molecule has 0 saturated heterocycles. The number of H-pyrrole nitrogens is 1. The third-order valence-corrected chi connectivity index (χ3v) is 4.89. The van der Waals surface area contributed by atoms with Crippen LogP contribution < -0.4 is 4.57 Å². The van der Waals surface area contributed by atoms with Gasteiger partial charge < -0.3 is 4.74 Å². The summed E-state index contributed by atoms with van der Waals surface area (Å²) in [5, 5.41) is 2.31. The summed E-state index contributed by atoms with van der Waals surface area (Å²) in [6.07, 6.45) is 5.36. The molecule has 1 aromatic heterocycles. The fourth-order valence-corrected chi connectivity index (χ4v) is 3.45. The first-order valence-corrected chi connectivity index (χ1v) is 9.06. The molecule has 0 aliphatic carbocycles. The van der Waals surface area contributed by atoms with Crippen LogP contribution in [-0.2, 0) is 17.9 Å². The maximum atomic E-state index is 6.37. The summed E-state index contributed by atoms with van der Waals surface area (Å²) in [7, 11) is 0. The summed E-state index contributed by atoms with van der Waals surface area (Å²) in [5.41, 5.74) is 1.73. The number of aromatic nitrogens is 2. The molecule has 25 heavy (non-hydrogen) atoms. The van der Waals surface area contributed by atoms with E-state index < -0.39 is 0 Å². The van der Waals surface area contributed by atoms with Gasteiger partial charge >= 0.3 is 0 Å². The van der Waals surface area contributed by atoms with E-state index >= 15 is 0 Å².